The van der Waals surface area contributed by atoms with Crippen LogP contribution in [0, 0.1) is 13.8 Å². The molecule has 0 saturated heterocycles. The van der Waals surface area contributed by atoms with Crippen LogP contribution >= 0.6 is 22.9 Å². The highest BCUT2D eigenvalue weighted by Crippen LogP contribution is 2.26. The molecule has 1 unspecified atom stereocenters. The first kappa shape index (κ1) is 12.3. The van der Waals surface area contributed by atoms with E-state index in [-0.39, 0.29) is 6.04 Å². The van der Waals surface area contributed by atoms with Crippen molar-refractivity contribution in [2.45, 2.75) is 26.8 Å². The molecule has 0 spiro atoms. The van der Waals surface area contributed by atoms with Crippen LogP contribution in [0.4, 0.5) is 5.69 Å². The topological polar surface area (TPSA) is 37.8 Å². The van der Waals surface area contributed by atoms with Gasteiger partial charge in [0.15, 0.2) is 0 Å². The van der Waals surface area contributed by atoms with Crippen molar-refractivity contribution in [1.82, 2.24) is 9.97 Å². The van der Waals surface area contributed by atoms with Gasteiger partial charge in [-0.25, -0.2) is 9.97 Å². The van der Waals surface area contributed by atoms with E-state index < -0.39 is 0 Å². The van der Waals surface area contributed by atoms with Crippen molar-refractivity contribution < 1.29 is 0 Å². The molecular weight excluding hydrogens is 254 g/mol. The van der Waals surface area contributed by atoms with E-state index in [0.29, 0.717) is 5.15 Å². The molecule has 2 aromatic rings. The maximum Gasteiger partial charge on any atom is 0.132 e. The van der Waals surface area contributed by atoms with E-state index in [0.717, 1.165) is 16.9 Å². The quantitative estimate of drug-likeness (QED) is 0.855. The van der Waals surface area contributed by atoms with Gasteiger partial charge in [0.05, 0.1) is 29.1 Å². The molecule has 2 aromatic heterocycles. The highest BCUT2D eigenvalue weighted by Gasteiger charge is 2.11. The number of aryl methyl sites for hydroxylation is 2. The van der Waals surface area contributed by atoms with E-state index in [2.05, 4.69) is 22.2 Å². The molecule has 5 heteroatoms. The average Bonchev–Trinajstić information content (AvgIpc) is 2.70. The van der Waals surface area contributed by atoms with E-state index in [1.54, 1.807) is 17.5 Å². The number of anilines is 1. The minimum Gasteiger partial charge on any atom is -0.376 e. The van der Waals surface area contributed by atoms with Crippen LogP contribution in [0.3, 0.4) is 0 Å². The lowest BCUT2D eigenvalue weighted by Gasteiger charge is -2.14. The predicted octanol–water partition coefficient (Wildman–Crippen LogP) is 3.98. The normalized spacial score (nSPS) is 12.5. The van der Waals surface area contributed by atoms with Crippen molar-refractivity contribution >= 4 is 28.6 Å². The maximum absolute atomic E-state index is 5.90. The zero-order valence-electron chi connectivity index (χ0n) is 9.99. The fourth-order valence-corrected chi connectivity index (χ4v) is 2.59. The molecule has 17 heavy (non-hydrogen) atoms. The van der Waals surface area contributed by atoms with E-state index >= 15 is 0 Å². The van der Waals surface area contributed by atoms with Crippen LogP contribution in [0.1, 0.15) is 29.1 Å². The first-order valence-corrected chi connectivity index (χ1v) is 6.62. The maximum atomic E-state index is 5.90. The summed E-state index contributed by atoms with van der Waals surface area (Å²) in [5, 5.41) is 3.96. The number of hydrogen-bond donors (Lipinski definition) is 1. The van der Waals surface area contributed by atoms with E-state index in [4.69, 9.17) is 11.6 Å². The molecule has 0 fully saturated rings. The number of aromatic nitrogens is 2. The number of nitrogens with zero attached hydrogens (tertiary/aromatic N) is 2. The van der Waals surface area contributed by atoms with Crippen molar-refractivity contribution in [3.8, 4) is 0 Å². The highest BCUT2D eigenvalue weighted by molar-refractivity contribution is 7.09. The Bertz CT molecular complexity index is 524. The summed E-state index contributed by atoms with van der Waals surface area (Å²) in [5.74, 6) is 0. The summed E-state index contributed by atoms with van der Waals surface area (Å²) in [7, 11) is 0. The zero-order chi connectivity index (χ0) is 12.4. The molecule has 1 atom stereocenters. The predicted molar refractivity (Wildman–Crippen MR) is 72.9 cm³/mol. The van der Waals surface area contributed by atoms with Crippen molar-refractivity contribution in [1.29, 1.82) is 0 Å². The second-order valence-electron chi connectivity index (χ2n) is 4.00. The Morgan fingerprint density at radius 3 is 2.71 bits per heavy atom. The van der Waals surface area contributed by atoms with Gasteiger partial charge in [0, 0.05) is 4.88 Å². The third-order valence-electron chi connectivity index (χ3n) is 2.57. The molecule has 2 rings (SSSR count). The molecule has 0 aromatic carbocycles. The Balaban J connectivity index is 2.16. The smallest absolute Gasteiger partial charge is 0.132 e. The Morgan fingerprint density at radius 2 is 2.12 bits per heavy atom. The second kappa shape index (κ2) is 5.02. The fourth-order valence-electron chi connectivity index (χ4n) is 1.68. The molecule has 0 aliphatic carbocycles. The average molecular weight is 268 g/mol. The van der Waals surface area contributed by atoms with Crippen molar-refractivity contribution in [2.24, 2.45) is 0 Å². The molecule has 3 nitrogen and oxygen atoms in total. The fraction of sp³-hybridized carbons (Fsp3) is 0.333. The first-order valence-electron chi connectivity index (χ1n) is 5.36. The summed E-state index contributed by atoms with van der Waals surface area (Å²) < 4.78 is 0. The third-order valence-corrected chi connectivity index (χ3v) is 4.08. The lowest BCUT2D eigenvalue weighted by molar-refractivity contribution is 0.888. The van der Waals surface area contributed by atoms with Gasteiger partial charge in [-0.05, 0) is 32.4 Å². The molecular formula is C12H14ClN3S. The largest absolute Gasteiger partial charge is 0.376 e. The minimum atomic E-state index is 0.227. The van der Waals surface area contributed by atoms with Crippen molar-refractivity contribution in [3.05, 3.63) is 39.1 Å². The monoisotopic (exact) mass is 267 g/mol. The summed E-state index contributed by atoms with van der Waals surface area (Å²) in [4.78, 5) is 9.63. The Labute approximate surface area is 110 Å². The van der Waals surface area contributed by atoms with Crippen molar-refractivity contribution in [2.75, 3.05) is 5.32 Å². The summed E-state index contributed by atoms with van der Waals surface area (Å²) in [5.41, 5.74) is 4.90. The lowest BCUT2D eigenvalue weighted by Crippen LogP contribution is -2.06. The first-order chi connectivity index (χ1) is 8.08. The number of pyridine rings is 1. The van der Waals surface area contributed by atoms with E-state index in [1.165, 1.54) is 4.88 Å². The highest BCUT2D eigenvalue weighted by atomic mass is 35.5. The van der Waals surface area contributed by atoms with Crippen LogP contribution < -0.4 is 5.32 Å². The van der Waals surface area contributed by atoms with Gasteiger partial charge in [-0.15, -0.1) is 11.3 Å². The van der Waals surface area contributed by atoms with Gasteiger partial charge in [0.1, 0.15) is 5.15 Å². The zero-order valence-corrected chi connectivity index (χ0v) is 11.6. The molecule has 90 valence electrons. The SMILES string of the molecule is Cc1cc(NC(C)c2scnc2C)cnc1Cl. The van der Waals surface area contributed by atoms with Gasteiger partial charge in [-0.1, -0.05) is 11.6 Å². The molecule has 2 heterocycles. The minimum absolute atomic E-state index is 0.227. The van der Waals surface area contributed by atoms with Crippen LogP contribution in [0.15, 0.2) is 17.8 Å². The van der Waals surface area contributed by atoms with Crippen molar-refractivity contribution in [3.63, 3.8) is 0 Å². The van der Waals surface area contributed by atoms with Crippen LogP contribution in [-0.2, 0) is 0 Å². The molecule has 0 aliphatic heterocycles. The number of thiazole rings is 1. The van der Waals surface area contributed by atoms with Gasteiger partial charge in [0.25, 0.3) is 0 Å². The van der Waals surface area contributed by atoms with Crippen LogP contribution in [0.5, 0.6) is 0 Å². The van der Waals surface area contributed by atoms with E-state index in [9.17, 15) is 0 Å². The Kier molecular flexibility index (Phi) is 3.64. The van der Waals surface area contributed by atoms with Gasteiger partial charge >= 0.3 is 0 Å². The third kappa shape index (κ3) is 2.76. The Hall–Kier alpha value is -1.13. The molecule has 0 saturated carbocycles. The number of halogens is 1. The summed E-state index contributed by atoms with van der Waals surface area (Å²) in [6.45, 7) is 6.09. The molecule has 0 bridgehead atoms. The van der Waals surface area contributed by atoms with Crippen LogP contribution in [0.2, 0.25) is 5.15 Å². The molecule has 1 N–H and O–H groups in total. The number of hydrogen-bond acceptors (Lipinski definition) is 4. The summed E-state index contributed by atoms with van der Waals surface area (Å²) in [6, 6.07) is 2.23. The van der Waals surface area contributed by atoms with Gasteiger partial charge < -0.3 is 5.32 Å². The van der Waals surface area contributed by atoms with Crippen LogP contribution in [0.25, 0.3) is 0 Å². The lowest BCUT2D eigenvalue weighted by atomic mass is 10.2. The van der Waals surface area contributed by atoms with Gasteiger partial charge in [-0.2, -0.15) is 0 Å². The standard InChI is InChI=1S/C12H14ClN3S/c1-7-4-10(5-14-12(7)13)16-9(3)11-8(2)15-6-17-11/h4-6,9,16H,1-3H3. The molecule has 0 amide bonds. The number of nitrogens with one attached hydrogen (secondary N) is 1. The number of rotatable bonds is 3. The summed E-state index contributed by atoms with van der Waals surface area (Å²) in [6.07, 6.45) is 1.75. The van der Waals surface area contributed by atoms with Gasteiger partial charge in [0.2, 0.25) is 0 Å². The second-order valence-corrected chi connectivity index (χ2v) is 5.24. The van der Waals surface area contributed by atoms with Crippen LogP contribution in [-0.4, -0.2) is 9.97 Å². The molecule has 0 aliphatic rings. The van der Waals surface area contributed by atoms with E-state index in [1.807, 2.05) is 25.4 Å². The Morgan fingerprint density at radius 1 is 1.35 bits per heavy atom. The summed E-state index contributed by atoms with van der Waals surface area (Å²) >= 11 is 7.56. The molecule has 0 radical (unpaired) electrons. The van der Waals surface area contributed by atoms with Gasteiger partial charge in [-0.3, -0.25) is 0 Å².